The predicted molar refractivity (Wildman–Crippen MR) is 121 cm³/mol. The number of benzene rings is 1. The predicted octanol–water partition coefficient (Wildman–Crippen LogP) is -0.917. The number of tetrazole rings is 1. The third-order valence-corrected chi connectivity index (χ3v) is 8.03. The molecule has 2 aliphatic heterocycles. The summed E-state index contributed by atoms with van der Waals surface area (Å²) < 4.78 is 32.0. The zero-order valence-electron chi connectivity index (χ0n) is 17.6. The van der Waals surface area contributed by atoms with Gasteiger partial charge in [0.15, 0.2) is 12.0 Å². The molecule has 2 aromatic rings. The van der Waals surface area contributed by atoms with Gasteiger partial charge in [-0.3, -0.25) is 19.0 Å². The summed E-state index contributed by atoms with van der Waals surface area (Å²) in [7, 11) is -4.40. The number of amides is 2. The molecule has 0 radical (unpaired) electrons. The van der Waals surface area contributed by atoms with Crippen molar-refractivity contribution in [1.29, 1.82) is 0 Å². The molecular formula is C18H18N6O8S3. The van der Waals surface area contributed by atoms with Gasteiger partial charge in [-0.05, 0) is 21.6 Å². The first-order valence-corrected chi connectivity index (χ1v) is 13.5. The molecule has 1 unspecified atom stereocenters. The lowest BCUT2D eigenvalue weighted by Gasteiger charge is -2.49. The minimum Gasteiger partial charge on any atom is -0.477 e. The van der Waals surface area contributed by atoms with Gasteiger partial charge in [-0.2, -0.15) is 8.42 Å². The molecule has 35 heavy (non-hydrogen) atoms. The van der Waals surface area contributed by atoms with Crippen molar-refractivity contribution >= 4 is 51.4 Å². The Balaban J connectivity index is 1.46. The highest BCUT2D eigenvalue weighted by molar-refractivity contribution is 8.01. The number of carbonyl (C=O) groups excluding carboxylic acids is 2. The maximum absolute atomic E-state index is 12.8. The van der Waals surface area contributed by atoms with Crippen molar-refractivity contribution in [3.8, 4) is 0 Å². The molecule has 1 fully saturated rings. The van der Waals surface area contributed by atoms with Crippen LogP contribution < -0.4 is 5.32 Å². The van der Waals surface area contributed by atoms with E-state index in [9.17, 15) is 33.0 Å². The number of carbonyl (C=O) groups is 3. The van der Waals surface area contributed by atoms with E-state index in [4.69, 9.17) is 4.55 Å². The van der Waals surface area contributed by atoms with E-state index in [1.54, 1.807) is 30.3 Å². The van der Waals surface area contributed by atoms with Gasteiger partial charge in [0.2, 0.25) is 5.16 Å². The van der Waals surface area contributed by atoms with Crippen LogP contribution in [-0.2, 0) is 30.4 Å². The van der Waals surface area contributed by atoms with Gasteiger partial charge >= 0.3 is 5.97 Å². The monoisotopic (exact) mass is 542 g/mol. The second-order valence-corrected chi connectivity index (χ2v) is 10.9. The van der Waals surface area contributed by atoms with Gasteiger partial charge in [0.25, 0.3) is 21.9 Å². The first-order chi connectivity index (χ1) is 16.6. The van der Waals surface area contributed by atoms with E-state index in [1.165, 1.54) is 11.8 Å². The molecule has 2 amide bonds. The van der Waals surface area contributed by atoms with Crippen molar-refractivity contribution in [3.63, 3.8) is 0 Å². The summed E-state index contributed by atoms with van der Waals surface area (Å²) in [6.45, 7) is 0. The number of carboxylic acid groups (broad SMARTS) is 1. The topological polar surface area (TPSA) is 205 Å². The van der Waals surface area contributed by atoms with Crippen molar-refractivity contribution in [1.82, 2.24) is 30.4 Å². The zero-order chi connectivity index (χ0) is 25.3. The highest BCUT2D eigenvalue weighted by Gasteiger charge is 2.54. The van der Waals surface area contributed by atoms with Gasteiger partial charge in [0.05, 0.1) is 0 Å². The van der Waals surface area contributed by atoms with Crippen LogP contribution in [0.2, 0.25) is 0 Å². The fourth-order valence-electron chi connectivity index (χ4n) is 3.50. The number of aliphatic hydroxyl groups excluding tert-OH is 1. The first-order valence-electron chi connectivity index (χ1n) is 9.84. The number of aromatic nitrogens is 4. The molecule has 1 saturated heterocycles. The number of hydrogen-bond acceptors (Lipinski definition) is 11. The Bertz CT molecular complexity index is 1300. The van der Waals surface area contributed by atoms with Crippen molar-refractivity contribution in [3.05, 3.63) is 47.2 Å². The van der Waals surface area contributed by atoms with Crippen LogP contribution >= 0.6 is 23.5 Å². The summed E-state index contributed by atoms with van der Waals surface area (Å²) in [5.74, 6) is -3.39. The lowest BCUT2D eigenvalue weighted by atomic mass is 10.0. The summed E-state index contributed by atoms with van der Waals surface area (Å²) in [5, 5.41) is 32.4. The smallest absolute Gasteiger partial charge is 0.352 e. The Morgan fingerprint density at radius 3 is 2.66 bits per heavy atom. The number of aliphatic carboxylic acids is 1. The third kappa shape index (κ3) is 5.32. The van der Waals surface area contributed by atoms with Crippen molar-refractivity contribution < 1.29 is 37.6 Å². The molecule has 0 aliphatic carbocycles. The molecule has 1 aromatic carbocycles. The maximum atomic E-state index is 12.8. The van der Waals surface area contributed by atoms with E-state index in [-0.39, 0.29) is 22.4 Å². The Labute approximate surface area is 206 Å². The molecule has 1 aromatic heterocycles. The van der Waals surface area contributed by atoms with E-state index in [0.717, 1.165) is 21.3 Å². The summed E-state index contributed by atoms with van der Waals surface area (Å²) in [4.78, 5) is 38.3. The molecule has 4 rings (SSSR count). The lowest BCUT2D eigenvalue weighted by Crippen LogP contribution is -2.70. The highest BCUT2D eigenvalue weighted by Crippen LogP contribution is 2.41. The average Bonchev–Trinajstić information content (AvgIpc) is 3.25. The summed E-state index contributed by atoms with van der Waals surface area (Å²) in [5.41, 5.74) is 0.480. The number of β-lactam (4-membered cyclic amide) rings is 1. The normalized spacial score (nSPS) is 20.7. The number of fused-ring (bicyclic) bond motifs is 1. The summed E-state index contributed by atoms with van der Waals surface area (Å²) in [6.07, 6.45) is -1.48. The second kappa shape index (κ2) is 9.94. The largest absolute Gasteiger partial charge is 0.477 e. The van der Waals surface area contributed by atoms with Gasteiger partial charge in [-0.25, -0.2) is 9.48 Å². The van der Waals surface area contributed by atoms with Gasteiger partial charge in [-0.1, -0.05) is 42.1 Å². The molecule has 17 heteroatoms. The van der Waals surface area contributed by atoms with E-state index in [0.29, 0.717) is 11.1 Å². The number of thioether (sulfide) groups is 2. The van der Waals surface area contributed by atoms with Gasteiger partial charge in [-0.15, -0.1) is 16.9 Å². The Morgan fingerprint density at radius 2 is 2.00 bits per heavy atom. The fourth-order valence-corrected chi connectivity index (χ4v) is 6.43. The van der Waals surface area contributed by atoms with Crippen LogP contribution in [0, 0.1) is 0 Å². The molecule has 0 spiro atoms. The van der Waals surface area contributed by atoms with Crippen molar-refractivity contribution in [2.24, 2.45) is 0 Å². The minimum absolute atomic E-state index is 0.0285. The van der Waals surface area contributed by atoms with Gasteiger partial charge < -0.3 is 15.5 Å². The zero-order valence-corrected chi connectivity index (χ0v) is 20.0. The van der Waals surface area contributed by atoms with Crippen LogP contribution in [0.4, 0.5) is 0 Å². The quantitative estimate of drug-likeness (QED) is 0.172. The molecule has 2 aliphatic rings. The van der Waals surface area contributed by atoms with Crippen LogP contribution in [0.1, 0.15) is 11.7 Å². The number of carboxylic acids is 1. The molecule has 0 saturated carbocycles. The minimum atomic E-state index is -4.40. The number of nitrogens with one attached hydrogen (secondary N) is 1. The van der Waals surface area contributed by atoms with Gasteiger partial charge in [0, 0.05) is 11.5 Å². The van der Waals surface area contributed by atoms with Crippen LogP contribution in [-0.4, -0.2) is 89.0 Å². The molecule has 4 N–H and O–H groups in total. The number of rotatable bonds is 9. The van der Waals surface area contributed by atoms with Crippen LogP contribution in [0.5, 0.6) is 0 Å². The Kier molecular flexibility index (Phi) is 7.13. The van der Waals surface area contributed by atoms with E-state index >= 15 is 0 Å². The third-order valence-electron chi connectivity index (χ3n) is 5.07. The van der Waals surface area contributed by atoms with E-state index < -0.39 is 51.3 Å². The molecule has 3 heterocycles. The molecule has 186 valence electrons. The molecule has 14 nitrogen and oxygen atoms in total. The number of aliphatic hydroxyl groups is 1. The highest BCUT2D eigenvalue weighted by atomic mass is 32.2. The first kappa shape index (κ1) is 25.1. The van der Waals surface area contributed by atoms with Crippen molar-refractivity contribution in [2.45, 2.75) is 28.6 Å². The van der Waals surface area contributed by atoms with Crippen LogP contribution in [0.15, 0.2) is 46.8 Å². The number of nitrogens with zero attached hydrogens (tertiary/aromatic N) is 5. The number of hydrogen-bond donors (Lipinski definition) is 4. The van der Waals surface area contributed by atoms with E-state index in [2.05, 4.69) is 20.8 Å². The Hall–Kier alpha value is -2.99. The summed E-state index contributed by atoms with van der Waals surface area (Å²) in [6, 6.07) is 7.17. The SMILES string of the molecule is O=C(O)C1=C(CSc2nnnn2CS(=O)(=O)O)CS[C@@H]2[C@H](NC(=O)C(O)c3ccccc3)C(=O)N12. The van der Waals surface area contributed by atoms with Gasteiger partial charge in [0.1, 0.15) is 17.1 Å². The second-order valence-electron chi connectivity index (χ2n) is 7.43. The average molecular weight is 543 g/mol. The molecule has 3 atom stereocenters. The fraction of sp³-hybridized carbons (Fsp3) is 0.333. The standard InChI is InChI=1S/C18H18N6O8S3/c25-13(9-4-2-1-3-5-9)14(26)19-11-15(27)24-12(17(28)29)10(6-33-16(11)24)7-34-18-20-21-22-23(18)8-35(30,31)32/h1-5,11,13,16,25H,6-8H2,(H,19,26)(H,28,29)(H,30,31,32)/t11-,13?,16-/m1/s1. The lowest BCUT2D eigenvalue weighted by molar-refractivity contribution is -0.151. The summed E-state index contributed by atoms with van der Waals surface area (Å²) >= 11 is 2.17. The van der Waals surface area contributed by atoms with E-state index in [1.807, 2.05) is 0 Å². The molecular weight excluding hydrogens is 524 g/mol. The van der Waals surface area contributed by atoms with Crippen molar-refractivity contribution in [2.75, 3.05) is 11.5 Å². The van der Waals surface area contributed by atoms with Crippen LogP contribution in [0.25, 0.3) is 0 Å². The molecule has 0 bridgehead atoms. The van der Waals surface area contributed by atoms with Crippen LogP contribution in [0.3, 0.4) is 0 Å². The Morgan fingerprint density at radius 1 is 1.29 bits per heavy atom. The maximum Gasteiger partial charge on any atom is 0.352 e.